The Labute approximate surface area is 152 Å². The van der Waals surface area contributed by atoms with E-state index in [2.05, 4.69) is 9.46 Å². The van der Waals surface area contributed by atoms with Crippen LogP contribution in [0.25, 0.3) is 0 Å². The third kappa shape index (κ3) is 4.42. The fourth-order valence-electron chi connectivity index (χ4n) is 1.82. The summed E-state index contributed by atoms with van der Waals surface area (Å²) in [6.45, 7) is -1.46. The molecule has 0 aliphatic heterocycles. The van der Waals surface area contributed by atoms with E-state index in [9.17, 15) is 17.2 Å². The van der Waals surface area contributed by atoms with Crippen LogP contribution in [0, 0.1) is 6.92 Å². The second kappa shape index (κ2) is 7.31. The van der Waals surface area contributed by atoms with Gasteiger partial charge in [0.2, 0.25) is 0 Å². The first-order valence-electron chi connectivity index (χ1n) is 6.33. The molecule has 0 atom stereocenters. The summed E-state index contributed by atoms with van der Waals surface area (Å²) in [5.41, 5.74) is 0.448. The molecule has 130 valence electrons. The van der Waals surface area contributed by atoms with Gasteiger partial charge in [-0.2, -0.15) is 8.78 Å². The predicted octanol–water partition coefficient (Wildman–Crippen LogP) is 5.36. The van der Waals surface area contributed by atoms with Gasteiger partial charge in [0.15, 0.2) is 0 Å². The van der Waals surface area contributed by atoms with Crippen LogP contribution in [0.1, 0.15) is 5.56 Å². The molecule has 2 rings (SSSR count). The second-order valence-corrected chi connectivity index (χ2v) is 7.55. The normalized spacial score (nSPS) is 11.6. The molecule has 0 saturated carbocycles. The van der Waals surface area contributed by atoms with Crippen molar-refractivity contribution in [3.8, 4) is 5.75 Å². The fourth-order valence-corrected chi connectivity index (χ4v) is 3.89. The Kier molecular flexibility index (Phi) is 5.80. The molecule has 0 unspecified atom stereocenters. The highest BCUT2D eigenvalue weighted by atomic mass is 35.5. The molecule has 0 amide bonds. The molecule has 2 aromatic rings. The first-order chi connectivity index (χ1) is 11.1. The highest BCUT2D eigenvalue weighted by Gasteiger charge is 2.22. The van der Waals surface area contributed by atoms with Crippen molar-refractivity contribution in [3.05, 3.63) is 51.0 Å². The van der Waals surface area contributed by atoms with E-state index in [4.69, 9.17) is 34.8 Å². The molecule has 1 N–H and O–H groups in total. The molecule has 0 heterocycles. The molecule has 0 aliphatic rings. The summed E-state index contributed by atoms with van der Waals surface area (Å²) in [4.78, 5) is -0.345. The molecule has 0 aromatic heterocycles. The quantitative estimate of drug-likeness (QED) is 0.668. The van der Waals surface area contributed by atoms with Crippen molar-refractivity contribution < 1.29 is 21.9 Å². The van der Waals surface area contributed by atoms with E-state index in [1.807, 2.05) is 0 Å². The molecule has 10 heteroatoms. The number of benzene rings is 2. The lowest BCUT2D eigenvalue weighted by Crippen LogP contribution is -2.15. The number of ether oxygens (including phenoxy) is 1. The lowest BCUT2D eigenvalue weighted by atomic mass is 10.2. The Morgan fingerprint density at radius 2 is 1.67 bits per heavy atom. The molecule has 0 bridgehead atoms. The third-order valence-electron chi connectivity index (χ3n) is 2.86. The molecule has 4 nitrogen and oxygen atoms in total. The highest BCUT2D eigenvalue weighted by molar-refractivity contribution is 7.92. The smallest absolute Gasteiger partial charge is 0.387 e. The lowest BCUT2D eigenvalue weighted by Gasteiger charge is -2.15. The SMILES string of the molecule is Cc1ccc(NS(=O)(=O)c2cc(Cl)c(Cl)cc2Cl)c(OC(F)F)c1. The van der Waals surface area contributed by atoms with Crippen molar-refractivity contribution in [3.63, 3.8) is 0 Å². The zero-order valence-electron chi connectivity index (χ0n) is 12.0. The standard InChI is InChI=1S/C14H10Cl3F2NO3S/c1-7-2-3-11(12(4-7)23-14(18)19)20-24(21,22)13-6-9(16)8(15)5-10(13)17/h2-6,14,20H,1H3. The summed E-state index contributed by atoms with van der Waals surface area (Å²) in [5.74, 6) is -0.315. The Hall–Kier alpha value is -1.28. The van der Waals surface area contributed by atoms with Gasteiger partial charge in [-0.25, -0.2) is 8.42 Å². The van der Waals surface area contributed by atoms with Crippen LogP contribution in [0.5, 0.6) is 5.75 Å². The van der Waals surface area contributed by atoms with E-state index in [1.54, 1.807) is 6.92 Å². The maximum atomic E-state index is 12.5. The van der Waals surface area contributed by atoms with Gasteiger partial charge in [-0.15, -0.1) is 0 Å². The van der Waals surface area contributed by atoms with Crippen molar-refractivity contribution in [1.82, 2.24) is 0 Å². The molecular formula is C14H10Cl3F2NO3S. The van der Waals surface area contributed by atoms with Gasteiger partial charge in [-0.1, -0.05) is 40.9 Å². The first-order valence-corrected chi connectivity index (χ1v) is 8.94. The minimum absolute atomic E-state index is 0.0191. The number of alkyl halides is 2. The highest BCUT2D eigenvalue weighted by Crippen LogP contribution is 2.34. The van der Waals surface area contributed by atoms with Gasteiger partial charge in [0.05, 0.1) is 20.8 Å². The van der Waals surface area contributed by atoms with Crippen LogP contribution in [-0.2, 0) is 10.0 Å². The van der Waals surface area contributed by atoms with E-state index >= 15 is 0 Å². The number of anilines is 1. The molecule has 0 spiro atoms. The van der Waals surface area contributed by atoms with Crippen molar-refractivity contribution in [1.29, 1.82) is 0 Å². The maximum absolute atomic E-state index is 12.5. The van der Waals surface area contributed by atoms with Crippen LogP contribution in [0.2, 0.25) is 15.1 Å². The van der Waals surface area contributed by atoms with Crippen LogP contribution in [-0.4, -0.2) is 15.0 Å². The minimum Gasteiger partial charge on any atom is -0.433 e. The van der Waals surface area contributed by atoms with E-state index < -0.39 is 16.6 Å². The molecule has 24 heavy (non-hydrogen) atoms. The topological polar surface area (TPSA) is 55.4 Å². The van der Waals surface area contributed by atoms with Gasteiger partial charge < -0.3 is 4.74 Å². The summed E-state index contributed by atoms with van der Waals surface area (Å²) in [5, 5.41) is -0.104. The number of hydrogen-bond acceptors (Lipinski definition) is 3. The Balaban J connectivity index is 2.45. The number of aryl methyl sites for hydroxylation is 1. The molecular weight excluding hydrogens is 407 g/mol. The van der Waals surface area contributed by atoms with Crippen LogP contribution in [0.3, 0.4) is 0 Å². The largest absolute Gasteiger partial charge is 0.433 e. The summed E-state index contributed by atoms with van der Waals surface area (Å²) in [6.07, 6.45) is 0. The number of halogens is 5. The van der Waals surface area contributed by atoms with E-state index in [-0.39, 0.29) is 31.4 Å². The van der Waals surface area contributed by atoms with Crippen molar-refractivity contribution >= 4 is 50.5 Å². The van der Waals surface area contributed by atoms with Gasteiger partial charge >= 0.3 is 6.61 Å². The van der Waals surface area contributed by atoms with E-state index in [0.717, 1.165) is 6.07 Å². The zero-order chi connectivity index (χ0) is 18.1. The summed E-state index contributed by atoms with van der Waals surface area (Å²) in [7, 11) is -4.20. The van der Waals surface area contributed by atoms with Crippen molar-refractivity contribution in [2.24, 2.45) is 0 Å². The summed E-state index contributed by atoms with van der Waals surface area (Å²) >= 11 is 17.5. The molecule has 0 fully saturated rings. The van der Waals surface area contributed by atoms with Gasteiger partial charge in [0.25, 0.3) is 10.0 Å². The Morgan fingerprint density at radius 3 is 2.29 bits per heavy atom. The maximum Gasteiger partial charge on any atom is 0.387 e. The molecule has 0 aliphatic carbocycles. The van der Waals surface area contributed by atoms with Crippen LogP contribution < -0.4 is 9.46 Å². The van der Waals surface area contributed by atoms with Crippen molar-refractivity contribution in [2.75, 3.05) is 4.72 Å². The number of hydrogen-bond donors (Lipinski definition) is 1. The van der Waals surface area contributed by atoms with Gasteiger partial charge in [-0.05, 0) is 36.8 Å². The average Bonchev–Trinajstić information content (AvgIpc) is 2.45. The summed E-state index contributed by atoms with van der Waals surface area (Å²) in [6, 6.07) is 6.35. The fraction of sp³-hybridized carbons (Fsp3) is 0.143. The molecule has 0 saturated heterocycles. The first kappa shape index (κ1) is 19.1. The van der Waals surface area contributed by atoms with Crippen LogP contribution in [0.4, 0.5) is 14.5 Å². The minimum atomic E-state index is -4.20. The van der Waals surface area contributed by atoms with E-state index in [1.165, 1.54) is 24.3 Å². The van der Waals surface area contributed by atoms with Crippen LogP contribution >= 0.6 is 34.8 Å². The van der Waals surface area contributed by atoms with Crippen LogP contribution in [0.15, 0.2) is 35.2 Å². The third-order valence-corrected chi connectivity index (χ3v) is 5.41. The number of sulfonamides is 1. The summed E-state index contributed by atoms with van der Waals surface area (Å²) < 4.78 is 56.4. The Bertz CT molecular complexity index is 876. The monoisotopic (exact) mass is 415 g/mol. The number of rotatable bonds is 5. The van der Waals surface area contributed by atoms with Gasteiger partial charge in [-0.3, -0.25) is 4.72 Å². The second-order valence-electron chi connectivity index (χ2n) is 4.68. The molecule has 2 aromatic carbocycles. The van der Waals surface area contributed by atoms with Gasteiger partial charge in [0.1, 0.15) is 10.6 Å². The average molecular weight is 417 g/mol. The molecule has 0 radical (unpaired) electrons. The number of nitrogens with one attached hydrogen (secondary N) is 1. The lowest BCUT2D eigenvalue weighted by molar-refractivity contribution is -0.0493. The van der Waals surface area contributed by atoms with E-state index in [0.29, 0.717) is 5.56 Å². The predicted molar refractivity (Wildman–Crippen MR) is 90.1 cm³/mol. The Morgan fingerprint density at radius 1 is 1.04 bits per heavy atom. The zero-order valence-corrected chi connectivity index (χ0v) is 15.1. The van der Waals surface area contributed by atoms with Crippen molar-refractivity contribution in [2.45, 2.75) is 18.4 Å². The van der Waals surface area contributed by atoms with Gasteiger partial charge in [0, 0.05) is 0 Å².